The van der Waals surface area contributed by atoms with Crippen LogP contribution in [-0.4, -0.2) is 31.0 Å². The smallest absolute Gasteiger partial charge is 0.303 e. The summed E-state index contributed by atoms with van der Waals surface area (Å²) in [6.45, 7) is 8.09. The molecule has 0 N–H and O–H groups in total. The molecule has 1 aliphatic rings. The van der Waals surface area contributed by atoms with Crippen LogP contribution < -0.4 is 0 Å². The van der Waals surface area contributed by atoms with Crippen LogP contribution in [0, 0.1) is 20.8 Å². The molecule has 8 heteroatoms. The van der Waals surface area contributed by atoms with Crippen molar-refractivity contribution in [1.82, 2.24) is 24.4 Å². The lowest BCUT2D eigenvalue weighted by Crippen LogP contribution is -2.31. The van der Waals surface area contributed by atoms with Crippen LogP contribution in [0.1, 0.15) is 39.6 Å². The maximum absolute atomic E-state index is 12.8. The highest BCUT2D eigenvalue weighted by Crippen LogP contribution is 2.29. The van der Waals surface area contributed by atoms with E-state index in [0.29, 0.717) is 31.7 Å². The second-order valence-corrected chi connectivity index (χ2v) is 7.50. The lowest BCUT2D eigenvalue weighted by atomic mass is 10.1. The zero-order chi connectivity index (χ0) is 20.8. The maximum Gasteiger partial charge on any atom is 0.451 e. The van der Waals surface area contributed by atoms with E-state index in [-0.39, 0.29) is 0 Å². The average molecular weight is 401 g/mol. The van der Waals surface area contributed by atoms with Crippen LogP contribution in [0.4, 0.5) is 13.2 Å². The predicted octanol–water partition coefficient (Wildman–Crippen LogP) is 4.16. The fourth-order valence-electron chi connectivity index (χ4n) is 3.91. The van der Waals surface area contributed by atoms with E-state index >= 15 is 0 Å². The molecule has 4 rings (SSSR count). The highest BCUT2D eigenvalue weighted by molar-refractivity contribution is 5.41. The molecule has 0 amide bonds. The van der Waals surface area contributed by atoms with E-state index in [1.807, 2.05) is 19.1 Å². The molecule has 4 heterocycles. The average Bonchev–Trinajstić information content (AvgIpc) is 2.94. The van der Waals surface area contributed by atoms with Gasteiger partial charge in [0.2, 0.25) is 5.82 Å². The Morgan fingerprint density at radius 2 is 1.93 bits per heavy atom. The fraction of sp³-hybridized carbons (Fsp3) is 0.381. The molecule has 0 saturated carbocycles. The van der Waals surface area contributed by atoms with Crippen molar-refractivity contribution in [3.63, 3.8) is 0 Å². The van der Waals surface area contributed by atoms with Crippen molar-refractivity contribution < 1.29 is 13.2 Å². The van der Waals surface area contributed by atoms with Gasteiger partial charge < -0.3 is 4.57 Å². The minimum atomic E-state index is -4.51. The third-order valence-electron chi connectivity index (χ3n) is 5.39. The molecule has 1 aliphatic heterocycles. The number of pyridine rings is 1. The number of hydrogen-bond acceptors (Lipinski definition) is 4. The number of fused-ring (bicyclic) bond motifs is 1. The van der Waals surface area contributed by atoms with E-state index in [9.17, 15) is 13.2 Å². The summed E-state index contributed by atoms with van der Waals surface area (Å²) in [6, 6.07) is 6.12. The number of rotatable bonds is 3. The van der Waals surface area contributed by atoms with E-state index in [2.05, 4.69) is 44.3 Å². The molecule has 0 fully saturated rings. The standard InChI is InChI=1S/C21H22F3N5/c1-13-5-4-7-25-19(13)29-14(2)9-16(15(29)3)11-28-8-6-18-17(12-28)10-26-20(27-18)21(22,23)24/h4-5,7,9-10H,6,8,11-12H2,1-3H3. The number of hydrogen-bond donors (Lipinski definition) is 0. The molecular formula is C21H22F3N5. The molecule has 5 nitrogen and oxygen atoms in total. The number of nitrogens with zero attached hydrogens (tertiary/aromatic N) is 5. The molecule has 0 radical (unpaired) electrons. The zero-order valence-corrected chi connectivity index (χ0v) is 16.6. The van der Waals surface area contributed by atoms with Gasteiger partial charge in [0.15, 0.2) is 0 Å². The van der Waals surface area contributed by atoms with E-state index < -0.39 is 12.0 Å². The monoisotopic (exact) mass is 401 g/mol. The van der Waals surface area contributed by atoms with Gasteiger partial charge in [0.1, 0.15) is 5.82 Å². The Balaban J connectivity index is 1.56. The zero-order valence-electron chi connectivity index (χ0n) is 16.6. The lowest BCUT2D eigenvalue weighted by molar-refractivity contribution is -0.145. The summed E-state index contributed by atoms with van der Waals surface area (Å²) >= 11 is 0. The van der Waals surface area contributed by atoms with Crippen LogP contribution in [0.5, 0.6) is 0 Å². The van der Waals surface area contributed by atoms with Crippen LogP contribution >= 0.6 is 0 Å². The van der Waals surface area contributed by atoms with Crippen molar-refractivity contribution >= 4 is 0 Å². The van der Waals surface area contributed by atoms with Gasteiger partial charge in [0, 0.05) is 55.4 Å². The minimum absolute atomic E-state index is 0.485. The number of aromatic nitrogens is 4. The molecule has 3 aromatic rings. The molecule has 152 valence electrons. The summed E-state index contributed by atoms with van der Waals surface area (Å²) in [5, 5.41) is 0. The molecule has 0 unspecified atom stereocenters. The van der Waals surface area contributed by atoms with Gasteiger partial charge in [-0.15, -0.1) is 0 Å². The molecule has 0 aromatic carbocycles. The first-order valence-electron chi connectivity index (χ1n) is 9.48. The largest absolute Gasteiger partial charge is 0.451 e. The quantitative estimate of drug-likeness (QED) is 0.661. The summed E-state index contributed by atoms with van der Waals surface area (Å²) in [7, 11) is 0. The number of aryl methyl sites for hydroxylation is 2. The summed E-state index contributed by atoms with van der Waals surface area (Å²) in [4.78, 5) is 14.0. The fourth-order valence-corrected chi connectivity index (χ4v) is 3.91. The summed E-state index contributed by atoms with van der Waals surface area (Å²) in [5.41, 5.74) is 5.78. The Morgan fingerprint density at radius 1 is 1.14 bits per heavy atom. The number of alkyl halides is 3. The van der Waals surface area contributed by atoms with Crippen molar-refractivity contribution in [3.05, 3.63) is 70.2 Å². The van der Waals surface area contributed by atoms with Crippen LogP contribution in [0.2, 0.25) is 0 Å². The molecule has 3 aromatic heterocycles. The second kappa shape index (κ2) is 7.26. The molecule has 29 heavy (non-hydrogen) atoms. The van der Waals surface area contributed by atoms with Crippen molar-refractivity contribution in [2.24, 2.45) is 0 Å². The molecule has 0 atom stereocenters. The summed E-state index contributed by atoms with van der Waals surface area (Å²) < 4.78 is 40.7. The molecule has 0 aliphatic carbocycles. The normalized spacial score (nSPS) is 14.8. The van der Waals surface area contributed by atoms with E-state index in [1.165, 1.54) is 11.8 Å². The summed E-state index contributed by atoms with van der Waals surface area (Å²) in [6.07, 6.45) is -0.915. The SMILES string of the molecule is Cc1cccnc1-n1c(C)cc(CN2CCc3nc(C(F)(F)F)ncc3C2)c1C. The first-order valence-corrected chi connectivity index (χ1v) is 9.48. The molecule has 0 bridgehead atoms. The summed E-state index contributed by atoms with van der Waals surface area (Å²) in [5.74, 6) is -0.134. The van der Waals surface area contributed by atoms with Crippen LogP contribution in [0.3, 0.4) is 0 Å². The topological polar surface area (TPSA) is 46.8 Å². The van der Waals surface area contributed by atoms with Crippen LogP contribution in [0.25, 0.3) is 5.82 Å². The Bertz CT molecular complexity index is 1050. The van der Waals surface area contributed by atoms with Gasteiger partial charge in [-0.05, 0) is 44.0 Å². The van der Waals surface area contributed by atoms with Gasteiger partial charge in [-0.25, -0.2) is 15.0 Å². The predicted molar refractivity (Wildman–Crippen MR) is 103 cm³/mol. The van der Waals surface area contributed by atoms with Gasteiger partial charge in [0.05, 0.1) is 5.69 Å². The highest BCUT2D eigenvalue weighted by Gasteiger charge is 2.35. The molecule has 0 spiro atoms. The van der Waals surface area contributed by atoms with Gasteiger partial charge >= 0.3 is 6.18 Å². The van der Waals surface area contributed by atoms with Gasteiger partial charge in [-0.1, -0.05) is 6.07 Å². The van der Waals surface area contributed by atoms with Gasteiger partial charge in [-0.2, -0.15) is 13.2 Å². The number of halogens is 3. The molecular weight excluding hydrogens is 379 g/mol. The van der Waals surface area contributed by atoms with Crippen molar-refractivity contribution in [3.8, 4) is 5.82 Å². The maximum atomic E-state index is 12.8. The van der Waals surface area contributed by atoms with Crippen LogP contribution in [-0.2, 0) is 25.7 Å². The first-order chi connectivity index (χ1) is 13.7. The Hall–Kier alpha value is -2.74. The van der Waals surface area contributed by atoms with Crippen LogP contribution in [0.15, 0.2) is 30.6 Å². The van der Waals surface area contributed by atoms with E-state index in [4.69, 9.17) is 0 Å². The second-order valence-electron chi connectivity index (χ2n) is 7.50. The third kappa shape index (κ3) is 3.76. The Labute approximate surface area is 167 Å². The first kappa shape index (κ1) is 19.6. The highest BCUT2D eigenvalue weighted by atomic mass is 19.4. The third-order valence-corrected chi connectivity index (χ3v) is 5.39. The molecule has 0 saturated heterocycles. The van der Waals surface area contributed by atoms with Gasteiger partial charge in [-0.3, -0.25) is 4.90 Å². The van der Waals surface area contributed by atoms with Crippen molar-refractivity contribution in [2.75, 3.05) is 6.54 Å². The Morgan fingerprint density at radius 3 is 2.66 bits per heavy atom. The lowest BCUT2D eigenvalue weighted by Gasteiger charge is -2.28. The van der Waals surface area contributed by atoms with Crippen molar-refractivity contribution in [1.29, 1.82) is 0 Å². The van der Waals surface area contributed by atoms with E-state index in [1.54, 1.807) is 6.20 Å². The Kier molecular flexibility index (Phi) is 4.90. The minimum Gasteiger partial charge on any atom is -0.303 e. The van der Waals surface area contributed by atoms with Crippen molar-refractivity contribution in [2.45, 2.75) is 46.5 Å². The van der Waals surface area contributed by atoms with Gasteiger partial charge in [0.25, 0.3) is 0 Å². The van der Waals surface area contributed by atoms with E-state index in [0.717, 1.165) is 28.3 Å².